The molecule has 0 bridgehead atoms. The van der Waals surface area contributed by atoms with Gasteiger partial charge in [0.05, 0.1) is 6.61 Å². The van der Waals surface area contributed by atoms with Crippen molar-refractivity contribution in [2.24, 2.45) is 0 Å². The normalized spacial score (nSPS) is 10.3. The minimum absolute atomic E-state index is 0.139. The fraction of sp³-hybridized carbons (Fsp3) is 0.250. The van der Waals surface area contributed by atoms with Crippen LogP contribution in [0.4, 0.5) is 0 Å². The van der Waals surface area contributed by atoms with Crippen LogP contribution in [0.2, 0.25) is 0 Å². The molecule has 0 atom stereocenters. The topological polar surface area (TPSA) is 58.9 Å². The van der Waals surface area contributed by atoms with Crippen LogP contribution in [0.5, 0.6) is 11.5 Å². The van der Waals surface area contributed by atoms with Crippen molar-refractivity contribution in [3.63, 3.8) is 0 Å². The highest BCUT2D eigenvalue weighted by Gasteiger charge is 2.00. The molecule has 0 radical (unpaired) electrons. The molecule has 2 rings (SSSR count). The standard InChI is InChI=1S/C16H18O4/c17-10-1-11-19-15-6-2-13(3-7-15)14-4-8-16(9-5-14)20-12-18/h2-9,17-18H,1,10-12H2. The molecule has 0 aromatic heterocycles. The average Bonchev–Trinajstić information content (AvgIpc) is 2.49. The number of aliphatic hydroxyl groups is 2. The van der Waals surface area contributed by atoms with Gasteiger partial charge in [0, 0.05) is 13.0 Å². The Balaban J connectivity index is 2.01. The van der Waals surface area contributed by atoms with Crippen LogP contribution in [0.3, 0.4) is 0 Å². The van der Waals surface area contributed by atoms with Crippen LogP contribution in [0, 0.1) is 0 Å². The summed E-state index contributed by atoms with van der Waals surface area (Å²) in [7, 11) is 0. The van der Waals surface area contributed by atoms with Gasteiger partial charge >= 0.3 is 0 Å². The van der Waals surface area contributed by atoms with Crippen LogP contribution in [0.25, 0.3) is 11.1 Å². The summed E-state index contributed by atoms with van der Waals surface area (Å²) in [4.78, 5) is 0. The van der Waals surface area contributed by atoms with Gasteiger partial charge in [0.2, 0.25) is 0 Å². The van der Waals surface area contributed by atoms with E-state index in [4.69, 9.17) is 19.7 Å². The van der Waals surface area contributed by atoms with Gasteiger partial charge in [-0.15, -0.1) is 0 Å². The van der Waals surface area contributed by atoms with E-state index in [1.165, 1.54) is 0 Å². The first-order valence-corrected chi connectivity index (χ1v) is 6.51. The van der Waals surface area contributed by atoms with E-state index in [0.717, 1.165) is 16.9 Å². The summed E-state index contributed by atoms with van der Waals surface area (Å²) in [5.74, 6) is 1.43. The SMILES string of the molecule is OCCCOc1ccc(-c2ccc(OCO)cc2)cc1. The molecule has 0 saturated heterocycles. The molecule has 2 aromatic rings. The van der Waals surface area contributed by atoms with E-state index in [9.17, 15) is 0 Å². The molecule has 4 nitrogen and oxygen atoms in total. The van der Waals surface area contributed by atoms with Crippen LogP contribution in [0.1, 0.15) is 6.42 Å². The number of aliphatic hydroxyl groups excluding tert-OH is 2. The van der Waals surface area contributed by atoms with Crippen molar-refractivity contribution in [2.75, 3.05) is 20.0 Å². The van der Waals surface area contributed by atoms with Crippen molar-refractivity contribution in [2.45, 2.75) is 6.42 Å². The molecule has 106 valence electrons. The van der Waals surface area contributed by atoms with E-state index in [1.807, 2.05) is 48.5 Å². The monoisotopic (exact) mass is 274 g/mol. The molecule has 0 aliphatic rings. The lowest BCUT2D eigenvalue weighted by atomic mass is 10.1. The molecule has 0 unspecified atom stereocenters. The van der Waals surface area contributed by atoms with Crippen LogP contribution in [-0.4, -0.2) is 30.2 Å². The van der Waals surface area contributed by atoms with Gasteiger partial charge in [-0.3, -0.25) is 0 Å². The Bertz CT molecular complexity index is 505. The van der Waals surface area contributed by atoms with Crippen molar-refractivity contribution in [1.82, 2.24) is 0 Å². The maximum Gasteiger partial charge on any atom is 0.186 e. The Morgan fingerprint density at radius 2 is 1.20 bits per heavy atom. The zero-order valence-electron chi connectivity index (χ0n) is 11.2. The molecular formula is C16H18O4. The second kappa shape index (κ2) is 7.53. The number of hydrogen-bond donors (Lipinski definition) is 2. The van der Waals surface area contributed by atoms with E-state index in [1.54, 1.807) is 0 Å². The summed E-state index contributed by atoms with van der Waals surface area (Å²) in [6.45, 7) is 0.336. The fourth-order valence-electron chi connectivity index (χ4n) is 1.82. The van der Waals surface area contributed by atoms with Crippen molar-refractivity contribution in [3.05, 3.63) is 48.5 Å². The molecule has 2 N–H and O–H groups in total. The third kappa shape index (κ3) is 3.98. The van der Waals surface area contributed by atoms with Gasteiger partial charge in [0.25, 0.3) is 0 Å². The lowest BCUT2D eigenvalue weighted by Crippen LogP contribution is -1.99. The summed E-state index contributed by atoms with van der Waals surface area (Å²) in [6, 6.07) is 15.3. The predicted molar refractivity (Wildman–Crippen MR) is 76.8 cm³/mol. The maximum atomic E-state index is 8.69. The van der Waals surface area contributed by atoms with Gasteiger partial charge in [-0.2, -0.15) is 0 Å². The zero-order chi connectivity index (χ0) is 14.2. The third-order valence-corrected chi connectivity index (χ3v) is 2.84. The number of hydrogen-bond acceptors (Lipinski definition) is 4. The molecule has 4 heteroatoms. The number of benzene rings is 2. The molecule has 0 aliphatic carbocycles. The Labute approximate surface area is 118 Å². The zero-order valence-corrected chi connectivity index (χ0v) is 11.2. The Morgan fingerprint density at radius 1 is 0.700 bits per heavy atom. The van der Waals surface area contributed by atoms with Gasteiger partial charge < -0.3 is 19.7 Å². The molecule has 0 spiro atoms. The second-order valence-corrected chi connectivity index (χ2v) is 4.25. The lowest BCUT2D eigenvalue weighted by molar-refractivity contribution is 0.0985. The molecule has 2 aromatic carbocycles. The van der Waals surface area contributed by atoms with Crippen molar-refractivity contribution < 1.29 is 19.7 Å². The minimum Gasteiger partial charge on any atom is -0.494 e. The molecule has 0 heterocycles. The van der Waals surface area contributed by atoms with Crippen LogP contribution in [-0.2, 0) is 0 Å². The van der Waals surface area contributed by atoms with Crippen molar-refractivity contribution in [1.29, 1.82) is 0 Å². The van der Waals surface area contributed by atoms with E-state index < -0.39 is 0 Å². The highest BCUT2D eigenvalue weighted by atomic mass is 16.6. The van der Waals surface area contributed by atoms with Crippen molar-refractivity contribution >= 4 is 0 Å². The third-order valence-electron chi connectivity index (χ3n) is 2.84. The Hall–Kier alpha value is -2.04. The smallest absolute Gasteiger partial charge is 0.186 e. The van der Waals surface area contributed by atoms with Crippen LogP contribution in [0.15, 0.2) is 48.5 Å². The van der Waals surface area contributed by atoms with E-state index >= 15 is 0 Å². The summed E-state index contributed by atoms with van der Waals surface area (Å²) >= 11 is 0. The minimum atomic E-state index is -0.320. The highest BCUT2D eigenvalue weighted by Crippen LogP contribution is 2.24. The Kier molecular flexibility index (Phi) is 5.41. The predicted octanol–water partition coefficient (Wildman–Crippen LogP) is 2.44. The van der Waals surface area contributed by atoms with Gasteiger partial charge in [-0.25, -0.2) is 0 Å². The number of rotatable bonds is 7. The first kappa shape index (κ1) is 14.4. The van der Waals surface area contributed by atoms with E-state index in [2.05, 4.69) is 0 Å². The van der Waals surface area contributed by atoms with Gasteiger partial charge in [-0.1, -0.05) is 24.3 Å². The summed E-state index contributed by atoms with van der Waals surface area (Å²) in [5.41, 5.74) is 2.15. The van der Waals surface area contributed by atoms with Gasteiger partial charge in [0.15, 0.2) is 6.79 Å². The van der Waals surface area contributed by atoms with E-state index in [-0.39, 0.29) is 13.4 Å². The Morgan fingerprint density at radius 3 is 1.65 bits per heavy atom. The maximum absolute atomic E-state index is 8.69. The largest absolute Gasteiger partial charge is 0.494 e. The van der Waals surface area contributed by atoms with Crippen molar-refractivity contribution in [3.8, 4) is 22.6 Å². The fourth-order valence-corrected chi connectivity index (χ4v) is 1.82. The first-order chi connectivity index (χ1) is 9.83. The van der Waals surface area contributed by atoms with Gasteiger partial charge in [0.1, 0.15) is 11.5 Å². The molecule has 0 aliphatic heterocycles. The van der Waals surface area contributed by atoms with E-state index in [0.29, 0.717) is 18.8 Å². The molecular weight excluding hydrogens is 256 g/mol. The second-order valence-electron chi connectivity index (χ2n) is 4.25. The summed E-state index contributed by atoms with van der Waals surface area (Å²) in [5, 5.41) is 17.4. The number of ether oxygens (including phenoxy) is 2. The molecule has 0 amide bonds. The average molecular weight is 274 g/mol. The molecule has 0 saturated carbocycles. The highest BCUT2D eigenvalue weighted by molar-refractivity contribution is 5.64. The first-order valence-electron chi connectivity index (χ1n) is 6.51. The van der Waals surface area contributed by atoms with Crippen LogP contribution < -0.4 is 9.47 Å². The molecule has 20 heavy (non-hydrogen) atoms. The quantitative estimate of drug-likeness (QED) is 0.601. The molecule has 0 fully saturated rings. The van der Waals surface area contributed by atoms with Gasteiger partial charge in [-0.05, 0) is 35.4 Å². The summed E-state index contributed by atoms with van der Waals surface area (Å²) < 4.78 is 10.5. The lowest BCUT2D eigenvalue weighted by Gasteiger charge is -2.07. The summed E-state index contributed by atoms with van der Waals surface area (Å²) in [6.07, 6.45) is 0.633. The van der Waals surface area contributed by atoms with Crippen LogP contribution >= 0.6 is 0 Å².